The zero-order valence-corrected chi connectivity index (χ0v) is 34.9. The van der Waals surface area contributed by atoms with Gasteiger partial charge in [0, 0.05) is 19.3 Å². The van der Waals surface area contributed by atoms with Crippen molar-refractivity contribution in [3.05, 3.63) is 0 Å². The number of carbonyl (C=O) groups is 3. The van der Waals surface area contributed by atoms with Crippen LogP contribution < -0.4 is 0 Å². The van der Waals surface area contributed by atoms with E-state index in [0.717, 1.165) is 75.5 Å². The second-order valence-corrected chi connectivity index (χ2v) is 16.5. The van der Waals surface area contributed by atoms with Crippen LogP contribution in [0.5, 0.6) is 0 Å². The molecule has 2 atom stereocenters. The molecular formula is C45H86O6. The Morgan fingerprint density at radius 3 is 1.02 bits per heavy atom. The number of carbonyl (C=O) groups excluding carboxylic acids is 3. The summed E-state index contributed by atoms with van der Waals surface area (Å²) in [5, 5.41) is 0. The van der Waals surface area contributed by atoms with E-state index in [1.54, 1.807) is 0 Å². The molecule has 0 heterocycles. The van der Waals surface area contributed by atoms with Gasteiger partial charge in [0.25, 0.3) is 0 Å². The Morgan fingerprint density at radius 1 is 0.392 bits per heavy atom. The summed E-state index contributed by atoms with van der Waals surface area (Å²) >= 11 is 0. The Balaban J connectivity index is 4.36. The van der Waals surface area contributed by atoms with Crippen molar-refractivity contribution in [2.24, 2.45) is 17.8 Å². The molecule has 0 bridgehead atoms. The summed E-state index contributed by atoms with van der Waals surface area (Å²) in [7, 11) is 0. The lowest BCUT2D eigenvalue weighted by Crippen LogP contribution is -2.30. The van der Waals surface area contributed by atoms with Crippen LogP contribution in [0.3, 0.4) is 0 Å². The van der Waals surface area contributed by atoms with E-state index in [1.807, 2.05) is 0 Å². The third-order valence-electron chi connectivity index (χ3n) is 10.3. The lowest BCUT2D eigenvalue weighted by Gasteiger charge is -2.18. The van der Waals surface area contributed by atoms with E-state index in [4.69, 9.17) is 14.2 Å². The fourth-order valence-electron chi connectivity index (χ4n) is 6.49. The van der Waals surface area contributed by atoms with Crippen molar-refractivity contribution in [2.45, 2.75) is 240 Å². The quantitative estimate of drug-likeness (QED) is 0.0359. The highest BCUT2D eigenvalue weighted by molar-refractivity contribution is 5.71. The maximum atomic E-state index is 12.7. The van der Waals surface area contributed by atoms with Gasteiger partial charge in [-0.1, -0.05) is 196 Å². The molecule has 51 heavy (non-hydrogen) atoms. The second kappa shape index (κ2) is 36.8. The van der Waals surface area contributed by atoms with E-state index < -0.39 is 6.10 Å². The zero-order valence-electron chi connectivity index (χ0n) is 34.9. The van der Waals surface area contributed by atoms with Gasteiger partial charge < -0.3 is 14.2 Å². The summed E-state index contributed by atoms with van der Waals surface area (Å²) in [5.74, 6) is 1.55. The van der Waals surface area contributed by atoms with Gasteiger partial charge in [0.05, 0.1) is 0 Å². The normalized spacial score (nSPS) is 12.7. The van der Waals surface area contributed by atoms with Crippen LogP contribution in [0.1, 0.15) is 234 Å². The van der Waals surface area contributed by atoms with Crippen LogP contribution in [0.25, 0.3) is 0 Å². The molecule has 0 aliphatic rings. The number of esters is 3. The molecule has 0 amide bonds. The van der Waals surface area contributed by atoms with Crippen LogP contribution >= 0.6 is 0 Å². The molecule has 0 rings (SSSR count). The zero-order chi connectivity index (χ0) is 37.8. The predicted octanol–water partition coefficient (Wildman–Crippen LogP) is 13.7. The molecule has 0 saturated heterocycles. The maximum absolute atomic E-state index is 12.7. The van der Waals surface area contributed by atoms with Crippen molar-refractivity contribution >= 4 is 17.9 Å². The average molecular weight is 723 g/mol. The lowest BCUT2D eigenvalue weighted by molar-refractivity contribution is -0.167. The molecule has 0 aromatic heterocycles. The Bertz CT molecular complexity index is 794. The van der Waals surface area contributed by atoms with Crippen molar-refractivity contribution in [1.29, 1.82) is 0 Å². The predicted molar refractivity (Wildman–Crippen MR) is 215 cm³/mol. The summed E-state index contributed by atoms with van der Waals surface area (Å²) in [4.78, 5) is 37.6. The average Bonchev–Trinajstić information content (AvgIpc) is 3.09. The number of rotatable bonds is 38. The first kappa shape index (κ1) is 49.4. The standard InChI is InChI=1S/C45H86O6/c1-7-41(6)33-27-21-17-18-24-30-36-45(48)51-42(38-50-44(47)35-29-23-16-12-11-14-20-26-32-40(4)5)37-49-43(46)34-28-22-15-10-8-9-13-19-25-31-39(2)3/h39-42H,7-38H2,1-6H3/t41?,42-/m1/s1. The van der Waals surface area contributed by atoms with Crippen molar-refractivity contribution in [3.8, 4) is 0 Å². The molecule has 1 unspecified atom stereocenters. The molecule has 0 radical (unpaired) electrons. The van der Waals surface area contributed by atoms with Gasteiger partial charge in [-0.3, -0.25) is 14.4 Å². The third-order valence-corrected chi connectivity index (χ3v) is 10.3. The van der Waals surface area contributed by atoms with Gasteiger partial charge in [-0.25, -0.2) is 0 Å². The molecule has 0 aliphatic carbocycles. The third kappa shape index (κ3) is 38.0. The number of hydrogen-bond acceptors (Lipinski definition) is 6. The molecule has 0 aromatic carbocycles. The minimum Gasteiger partial charge on any atom is -0.462 e. The first-order valence-electron chi connectivity index (χ1n) is 22.1. The van der Waals surface area contributed by atoms with Crippen LogP contribution in [-0.4, -0.2) is 37.2 Å². The van der Waals surface area contributed by atoms with E-state index in [0.29, 0.717) is 19.3 Å². The molecule has 0 aromatic rings. The van der Waals surface area contributed by atoms with Crippen LogP contribution in [0.15, 0.2) is 0 Å². The summed E-state index contributed by atoms with van der Waals surface area (Å²) in [5.41, 5.74) is 0. The largest absolute Gasteiger partial charge is 0.462 e. The van der Waals surface area contributed by atoms with Crippen LogP contribution in [0.4, 0.5) is 0 Å². The fourth-order valence-corrected chi connectivity index (χ4v) is 6.49. The van der Waals surface area contributed by atoms with E-state index in [-0.39, 0.29) is 31.1 Å². The summed E-state index contributed by atoms with van der Waals surface area (Å²) in [6.45, 7) is 13.6. The minimum atomic E-state index is -0.762. The van der Waals surface area contributed by atoms with Crippen molar-refractivity contribution < 1.29 is 28.6 Å². The van der Waals surface area contributed by atoms with Crippen LogP contribution in [0, 0.1) is 17.8 Å². The van der Waals surface area contributed by atoms with Crippen LogP contribution in [0.2, 0.25) is 0 Å². The van der Waals surface area contributed by atoms with E-state index in [9.17, 15) is 14.4 Å². The minimum absolute atomic E-state index is 0.0674. The highest BCUT2D eigenvalue weighted by Crippen LogP contribution is 2.17. The van der Waals surface area contributed by atoms with E-state index >= 15 is 0 Å². The number of ether oxygens (including phenoxy) is 3. The lowest BCUT2D eigenvalue weighted by atomic mass is 10.00. The van der Waals surface area contributed by atoms with Gasteiger partial charge in [0.15, 0.2) is 6.10 Å². The van der Waals surface area contributed by atoms with E-state index in [1.165, 1.54) is 116 Å². The maximum Gasteiger partial charge on any atom is 0.306 e. The Labute approximate surface area is 317 Å². The van der Waals surface area contributed by atoms with Crippen molar-refractivity contribution in [3.63, 3.8) is 0 Å². The molecule has 0 aliphatic heterocycles. The molecule has 0 N–H and O–H groups in total. The van der Waals surface area contributed by atoms with Gasteiger partial charge in [-0.2, -0.15) is 0 Å². The fraction of sp³-hybridized carbons (Fsp3) is 0.933. The Kier molecular flexibility index (Phi) is 35.6. The highest BCUT2D eigenvalue weighted by Gasteiger charge is 2.19. The molecule has 302 valence electrons. The molecule has 0 fully saturated rings. The molecule has 0 saturated carbocycles. The first-order chi connectivity index (χ1) is 24.6. The van der Waals surface area contributed by atoms with Crippen molar-refractivity contribution in [2.75, 3.05) is 13.2 Å². The SMILES string of the molecule is CCC(C)CCCCCCCCC(=O)O[C@H](COC(=O)CCCCCCCCCCCC(C)C)COC(=O)CCCCCCCCCCC(C)C. The van der Waals surface area contributed by atoms with E-state index in [2.05, 4.69) is 41.5 Å². The Hall–Kier alpha value is -1.59. The number of hydrogen-bond donors (Lipinski definition) is 0. The molecule has 6 heteroatoms. The topological polar surface area (TPSA) is 78.9 Å². The van der Waals surface area contributed by atoms with Gasteiger partial charge in [-0.15, -0.1) is 0 Å². The second-order valence-electron chi connectivity index (χ2n) is 16.5. The van der Waals surface area contributed by atoms with Gasteiger partial charge in [-0.05, 0) is 37.0 Å². The molecular weight excluding hydrogens is 636 g/mol. The number of unbranched alkanes of at least 4 members (excludes halogenated alkanes) is 20. The Morgan fingerprint density at radius 2 is 0.686 bits per heavy atom. The highest BCUT2D eigenvalue weighted by atomic mass is 16.6. The van der Waals surface area contributed by atoms with Crippen LogP contribution in [-0.2, 0) is 28.6 Å². The monoisotopic (exact) mass is 723 g/mol. The van der Waals surface area contributed by atoms with Gasteiger partial charge >= 0.3 is 17.9 Å². The molecule has 0 spiro atoms. The molecule has 6 nitrogen and oxygen atoms in total. The summed E-state index contributed by atoms with van der Waals surface area (Å²) < 4.78 is 16.7. The summed E-state index contributed by atoms with van der Waals surface area (Å²) in [6, 6.07) is 0. The van der Waals surface area contributed by atoms with Crippen molar-refractivity contribution in [1.82, 2.24) is 0 Å². The summed E-state index contributed by atoms with van der Waals surface area (Å²) in [6.07, 6.45) is 32.4. The van der Waals surface area contributed by atoms with Gasteiger partial charge in [0.1, 0.15) is 13.2 Å². The first-order valence-corrected chi connectivity index (χ1v) is 22.1. The van der Waals surface area contributed by atoms with Gasteiger partial charge in [0.2, 0.25) is 0 Å². The smallest absolute Gasteiger partial charge is 0.306 e.